The average molecular weight is 230 g/mol. The van der Waals surface area contributed by atoms with Gasteiger partial charge in [0.1, 0.15) is 0 Å². The van der Waals surface area contributed by atoms with Gasteiger partial charge in [-0.2, -0.15) is 4.31 Å². The Morgan fingerprint density at radius 1 is 1.54 bits per heavy atom. The topological polar surface area (TPSA) is 46.6 Å². The Morgan fingerprint density at radius 3 is 2.62 bits per heavy atom. The van der Waals surface area contributed by atoms with Crippen molar-refractivity contribution in [2.24, 2.45) is 0 Å². The van der Waals surface area contributed by atoms with Crippen molar-refractivity contribution in [3.63, 3.8) is 0 Å². The lowest BCUT2D eigenvalue weighted by atomic mass is 10.2. The molecule has 1 fully saturated rings. The van der Waals surface area contributed by atoms with Gasteiger partial charge in [-0.15, -0.1) is 12.4 Å². The molecule has 0 spiro atoms. The van der Waals surface area contributed by atoms with Crippen molar-refractivity contribution in [1.29, 1.82) is 0 Å². The summed E-state index contributed by atoms with van der Waals surface area (Å²) < 4.78 is 28.8. The highest BCUT2D eigenvalue weighted by Gasteiger charge is 2.30. The summed E-state index contributed by atoms with van der Waals surface area (Å²) in [6.07, 6.45) is 3.11. The third kappa shape index (κ3) is 3.42. The third-order valence-corrected chi connectivity index (χ3v) is 3.44. The van der Waals surface area contributed by atoms with E-state index in [1.54, 1.807) is 7.11 Å². The second kappa shape index (κ2) is 5.14. The number of halogens is 1. The van der Waals surface area contributed by atoms with Gasteiger partial charge in [-0.05, 0) is 12.8 Å². The molecular formula is C7H16ClNO3S. The van der Waals surface area contributed by atoms with Crippen molar-refractivity contribution in [2.75, 3.05) is 26.5 Å². The lowest BCUT2D eigenvalue weighted by molar-refractivity contribution is 0.149. The normalized spacial score (nSPS) is 24.3. The van der Waals surface area contributed by atoms with Gasteiger partial charge in [-0.3, -0.25) is 0 Å². The minimum absolute atomic E-state index is 0. The van der Waals surface area contributed by atoms with Crippen molar-refractivity contribution in [3.8, 4) is 0 Å². The van der Waals surface area contributed by atoms with E-state index >= 15 is 0 Å². The summed E-state index contributed by atoms with van der Waals surface area (Å²) in [4.78, 5) is 0. The van der Waals surface area contributed by atoms with Crippen LogP contribution in [-0.4, -0.2) is 45.3 Å². The number of hydrogen-bond donors (Lipinski definition) is 0. The molecule has 0 aromatic carbocycles. The van der Waals surface area contributed by atoms with Crippen LogP contribution in [0.5, 0.6) is 0 Å². The van der Waals surface area contributed by atoms with Crippen LogP contribution in [-0.2, 0) is 14.8 Å². The van der Waals surface area contributed by atoms with Crippen LogP contribution in [0.25, 0.3) is 0 Å². The summed E-state index contributed by atoms with van der Waals surface area (Å²) in [5.41, 5.74) is 0. The molecule has 1 rings (SSSR count). The monoisotopic (exact) mass is 229 g/mol. The first-order valence-electron chi connectivity index (χ1n) is 4.01. The lowest BCUT2D eigenvalue weighted by Crippen LogP contribution is -2.37. The number of sulfonamides is 1. The van der Waals surface area contributed by atoms with Gasteiger partial charge in [0.2, 0.25) is 10.0 Å². The highest BCUT2D eigenvalue weighted by molar-refractivity contribution is 7.88. The minimum atomic E-state index is -3.02. The summed E-state index contributed by atoms with van der Waals surface area (Å²) in [5.74, 6) is 0. The number of nitrogens with zero attached hydrogens (tertiary/aromatic N) is 1. The van der Waals surface area contributed by atoms with Crippen LogP contribution in [0.2, 0.25) is 0 Å². The van der Waals surface area contributed by atoms with E-state index in [2.05, 4.69) is 0 Å². The molecule has 0 saturated carbocycles. The van der Waals surface area contributed by atoms with Crippen molar-refractivity contribution in [2.45, 2.75) is 18.9 Å². The fraction of sp³-hybridized carbons (Fsp3) is 1.00. The maximum absolute atomic E-state index is 11.2. The van der Waals surface area contributed by atoms with E-state index in [0.717, 1.165) is 12.8 Å². The number of methoxy groups -OCH3 is 1. The van der Waals surface area contributed by atoms with Crippen LogP contribution in [0.1, 0.15) is 12.8 Å². The van der Waals surface area contributed by atoms with Gasteiger partial charge in [-0.1, -0.05) is 0 Å². The summed E-state index contributed by atoms with van der Waals surface area (Å²) in [6, 6.07) is 0.0602. The molecule has 0 aromatic rings. The van der Waals surface area contributed by atoms with E-state index in [1.807, 2.05) is 0 Å². The zero-order chi connectivity index (χ0) is 9.19. The molecule has 80 valence electrons. The molecule has 1 saturated heterocycles. The number of ether oxygens (including phenoxy) is 1. The Bertz CT molecular complexity index is 242. The van der Waals surface area contributed by atoms with Gasteiger partial charge in [0.25, 0.3) is 0 Å². The van der Waals surface area contributed by atoms with Crippen LogP contribution in [0.15, 0.2) is 0 Å². The predicted molar refractivity (Wildman–Crippen MR) is 53.7 cm³/mol. The van der Waals surface area contributed by atoms with E-state index in [4.69, 9.17) is 4.74 Å². The molecular weight excluding hydrogens is 214 g/mol. The summed E-state index contributed by atoms with van der Waals surface area (Å²) in [6.45, 7) is 1.15. The third-order valence-electron chi connectivity index (χ3n) is 2.11. The van der Waals surface area contributed by atoms with Gasteiger partial charge in [-0.25, -0.2) is 8.42 Å². The van der Waals surface area contributed by atoms with E-state index in [-0.39, 0.29) is 18.4 Å². The van der Waals surface area contributed by atoms with E-state index in [0.29, 0.717) is 13.2 Å². The van der Waals surface area contributed by atoms with E-state index in [9.17, 15) is 8.42 Å². The quantitative estimate of drug-likeness (QED) is 0.707. The maximum atomic E-state index is 11.2. The highest BCUT2D eigenvalue weighted by Crippen LogP contribution is 2.19. The molecule has 1 aliphatic heterocycles. The van der Waals surface area contributed by atoms with Gasteiger partial charge in [0, 0.05) is 19.7 Å². The van der Waals surface area contributed by atoms with Gasteiger partial charge >= 0.3 is 0 Å². The minimum Gasteiger partial charge on any atom is -0.383 e. The molecule has 1 heterocycles. The second-order valence-corrected chi connectivity index (χ2v) is 5.06. The van der Waals surface area contributed by atoms with Crippen LogP contribution >= 0.6 is 12.4 Å². The Hall–Kier alpha value is 0.160. The molecule has 0 N–H and O–H groups in total. The van der Waals surface area contributed by atoms with E-state index < -0.39 is 10.0 Å². The van der Waals surface area contributed by atoms with Gasteiger partial charge in [0.05, 0.1) is 12.9 Å². The summed E-state index contributed by atoms with van der Waals surface area (Å²) >= 11 is 0. The second-order valence-electron chi connectivity index (χ2n) is 3.13. The number of hydrogen-bond acceptors (Lipinski definition) is 3. The van der Waals surface area contributed by atoms with Gasteiger partial charge in [0.15, 0.2) is 0 Å². The molecule has 13 heavy (non-hydrogen) atoms. The predicted octanol–water partition coefficient (Wildman–Crippen LogP) is 0.479. The molecule has 0 aliphatic carbocycles. The lowest BCUT2D eigenvalue weighted by Gasteiger charge is -2.20. The molecule has 1 atom stereocenters. The first kappa shape index (κ1) is 13.2. The highest BCUT2D eigenvalue weighted by atomic mass is 35.5. The van der Waals surface area contributed by atoms with Crippen molar-refractivity contribution in [3.05, 3.63) is 0 Å². The molecule has 0 bridgehead atoms. The SMILES string of the molecule is COCC1CCCN1S(C)(=O)=O.Cl. The number of rotatable bonds is 3. The first-order chi connectivity index (χ1) is 5.55. The summed E-state index contributed by atoms with van der Waals surface area (Å²) in [5, 5.41) is 0. The largest absolute Gasteiger partial charge is 0.383 e. The Balaban J connectivity index is 0.00000144. The summed E-state index contributed by atoms with van der Waals surface area (Å²) in [7, 11) is -1.42. The van der Waals surface area contributed by atoms with Crippen molar-refractivity contribution >= 4 is 22.4 Å². The molecule has 0 amide bonds. The smallest absolute Gasteiger partial charge is 0.211 e. The Kier molecular flexibility index (Phi) is 5.21. The molecule has 4 nitrogen and oxygen atoms in total. The fourth-order valence-electron chi connectivity index (χ4n) is 1.60. The first-order valence-corrected chi connectivity index (χ1v) is 5.86. The van der Waals surface area contributed by atoms with Crippen LogP contribution in [0, 0.1) is 0 Å². The fourth-order valence-corrected chi connectivity index (χ4v) is 2.77. The Labute approximate surface area is 85.7 Å². The standard InChI is InChI=1S/C7H15NO3S.ClH/c1-11-6-7-4-3-5-8(7)12(2,9)10;/h7H,3-6H2,1-2H3;1H. The molecule has 6 heteroatoms. The molecule has 1 aliphatic rings. The van der Waals surface area contributed by atoms with Crippen LogP contribution in [0.3, 0.4) is 0 Å². The van der Waals surface area contributed by atoms with Gasteiger partial charge < -0.3 is 4.74 Å². The van der Waals surface area contributed by atoms with E-state index in [1.165, 1.54) is 10.6 Å². The zero-order valence-corrected chi connectivity index (χ0v) is 9.53. The molecule has 0 radical (unpaired) electrons. The van der Waals surface area contributed by atoms with Crippen molar-refractivity contribution < 1.29 is 13.2 Å². The zero-order valence-electron chi connectivity index (χ0n) is 7.89. The van der Waals surface area contributed by atoms with Crippen molar-refractivity contribution in [1.82, 2.24) is 4.31 Å². The Morgan fingerprint density at radius 2 is 2.15 bits per heavy atom. The molecule has 1 unspecified atom stereocenters. The molecule has 0 aromatic heterocycles. The maximum Gasteiger partial charge on any atom is 0.211 e. The average Bonchev–Trinajstić information content (AvgIpc) is 2.34. The van der Waals surface area contributed by atoms with Crippen LogP contribution in [0.4, 0.5) is 0 Å². The van der Waals surface area contributed by atoms with Crippen LogP contribution < -0.4 is 0 Å².